The summed E-state index contributed by atoms with van der Waals surface area (Å²) in [5, 5.41) is 0. The first-order chi connectivity index (χ1) is 9.73. The molecule has 0 spiro atoms. The van der Waals surface area contributed by atoms with Crippen LogP contribution < -0.4 is 5.73 Å². The van der Waals surface area contributed by atoms with Crippen LogP contribution in [0.2, 0.25) is 0 Å². The zero-order chi connectivity index (χ0) is 15.8. The normalized spacial score (nSPS) is 22.2. The van der Waals surface area contributed by atoms with Gasteiger partial charge in [-0.25, -0.2) is 12.8 Å². The van der Waals surface area contributed by atoms with Crippen LogP contribution in [0.5, 0.6) is 0 Å². The molecule has 2 N–H and O–H groups in total. The van der Waals surface area contributed by atoms with Crippen molar-refractivity contribution in [3.63, 3.8) is 0 Å². The molecule has 0 aromatic heterocycles. The van der Waals surface area contributed by atoms with Gasteiger partial charge in [0.25, 0.3) is 0 Å². The molecular formula is C13H19BrFN3O2S. The fourth-order valence-electron chi connectivity index (χ4n) is 2.61. The molecule has 1 aliphatic heterocycles. The number of hydrogen-bond donors (Lipinski definition) is 1. The van der Waals surface area contributed by atoms with Crippen LogP contribution >= 0.6 is 15.9 Å². The van der Waals surface area contributed by atoms with E-state index in [1.807, 2.05) is 14.0 Å². The molecule has 0 aliphatic carbocycles. The summed E-state index contributed by atoms with van der Waals surface area (Å²) in [5.41, 5.74) is 5.86. The molecule has 1 aliphatic rings. The molecule has 1 heterocycles. The number of halogens is 2. The van der Waals surface area contributed by atoms with Crippen LogP contribution in [0.25, 0.3) is 0 Å². The summed E-state index contributed by atoms with van der Waals surface area (Å²) < 4.78 is 41.2. The van der Waals surface area contributed by atoms with Gasteiger partial charge in [-0.05, 0) is 55.0 Å². The Kier molecular flexibility index (Phi) is 4.92. The second-order valence-electron chi connectivity index (χ2n) is 5.40. The Morgan fingerprint density at radius 1 is 1.38 bits per heavy atom. The van der Waals surface area contributed by atoms with Crippen LogP contribution in [-0.2, 0) is 10.0 Å². The first-order valence-electron chi connectivity index (χ1n) is 6.68. The van der Waals surface area contributed by atoms with Crippen LogP contribution in [0.4, 0.5) is 10.1 Å². The number of nitrogens with two attached hydrogens (primary N) is 1. The predicted octanol–water partition coefficient (Wildman–Crippen LogP) is 1.89. The van der Waals surface area contributed by atoms with Gasteiger partial charge in [0.1, 0.15) is 4.90 Å². The second kappa shape index (κ2) is 6.20. The molecule has 1 aromatic rings. The molecule has 2 rings (SSSR count). The van der Waals surface area contributed by atoms with E-state index in [0.29, 0.717) is 19.5 Å². The van der Waals surface area contributed by atoms with Crippen molar-refractivity contribution >= 4 is 31.6 Å². The van der Waals surface area contributed by atoms with E-state index in [4.69, 9.17) is 5.73 Å². The largest absolute Gasteiger partial charge is 0.399 e. The SMILES string of the molecule is CC1CN(C)CCCN1S(=O)(=O)c1cc(N)cc(Br)c1F. The molecule has 0 saturated carbocycles. The topological polar surface area (TPSA) is 66.6 Å². The van der Waals surface area contributed by atoms with E-state index in [9.17, 15) is 12.8 Å². The lowest BCUT2D eigenvalue weighted by Crippen LogP contribution is -2.42. The molecule has 8 heteroatoms. The fourth-order valence-corrected chi connectivity index (χ4v) is 5.00. The van der Waals surface area contributed by atoms with Crippen LogP contribution in [0, 0.1) is 5.82 Å². The van der Waals surface area contributed by atoms with Crippen LogP contribution in [0.15, 0.2) is 21.5 Å². The summed E-state index contributed by atoms with van der Waals surface area (Å²) >= 11 is 3.01. The standard InChI is InChI=1S/C13H19BrFN3O2S/c1-9-8-17(2)4-3-5-18(9)21(19,20)12-7-10(16)6-11(14)13(12)15/h6-7,9H,3-5,8,16H2,1-2H3. The van der Waals surface area contributed by atoms with Crippen molar-refractivity contribution in [2.24, 2.45) is 0 Å². The van der Waals surface area contributed by atoms with Crippen LogP contribution in [0.1, 0.15) is 13.3 Å². The number of benzene rings is 1. The minimum Gasteiger partial charge on any atom is -0.399 e. The molecule has 118 valence electrons. The Labute approximate surface area is 133 Å². The van der Waals surface area contributed by atoms with E-state index in [-0.39, 0.29) is 21.1 Å². The predicted molar refractivity (Wildman–Crippen MR) is 84.0 cm³/mol. The van der Waals surface area contributed by atoms with Gasteiger partial charge in [0.2, 0.25) is 10.0 Å². The quantitative estimate of drug-likeness (QED) is 0.796. The van der Waals surface area contributed by atoms with Gasteiger partial charge < -0.3 is 10.6 Å². The number of anilines is 1. The van der Waals surface area contributed by atoms with E-state index in [2.05, 4.69) is 20.8 Å². The van der Waals surface area contributed by atoms with Gasteiger partial charge in [0.15, 0.2) is 5.82 Å². The number of hydrogen-bond acceptors (Lipinski definition) is 4. The third-order valence-electron chi connectivity index (χ3n) is 3.59. The molecule has 0 amide bonds. The first kappa shape index (κ1) is 16.7. The van der Waals surface area contributed by atoms with Gasteiger partial charge in [-0.3, -0.25) is 0 Å². The summed E-state index contributed by atoms with van der Waals surface area (Å²) in [6.07, 6.45) is 0.713. The molecule has 1 aromatic carbocycles. The van der Waals surface area contributed by atoms with E-state index in [0.717, 1.165) is 6.54 Å². The highest BCUT2D eigenvalue weighted by Crippen LogP contribution is 2.29. The van der Waals surface area contributed by atoms with Crippen LogP contribution in [-0.4, -0.2) is 50.3 Å². The molecule has 0 bridgehead atoms. The highest BCUT2D eigenvalue weighted by atomic mass is 79.9. The Bertz CT molecular complexity index is 639. The van der Waals surface area contributed by atoms with E-state index in [1.165, 1.54) is 16.4 Å². The summed E-state index contributed by atoms with van der Waals surface area (Å²) in [5.74, 6) is -0.797. The summed E-state index contributed by atoms with van der Waals surface area (Å²) in [6.45, 7) is 3.64. The Balaban J connectivity index is 2.46. The second-order valence-corrected chi connectivity index (χ2v) is 8.11. The maximum Gasteiger partial charge on any atom is 0.246 e. The van der Waals surface area contributed by atoms with Crippen molar-refractivity contribution in [1.82, 2.24) is 9.21 Å². The fraction of sp³-hybridized carbons (Fsp3) is 0.538. The van der Waals surface area contributed by atoms with Gasteiger partial charge in [0, 0.05) is 24.8 Å². The third-order valence-corrected chi connectivity index (χ3v) is 6.18. The van der Waals surface area contributed by atoms with E-state index >= 15 is 0 Å². The monoisotopic (exact) mass is 379 g/mol. The molecular weight excluding hydrogens is 361 g/mol. The molecule has 1 saturated heterocycles. The van der Waals surface area contributed by atoms with Crippen molar-refractivity contribution in [2.75, 3.05) is 32.4 Å². The van der Waals surface area contributed by atoms with Crippen LogP contribution in [0.3, 0.4) is 0 Å². The minimum atomic E-state index is -3.91. The minimum absolute atomic E-state index is 0.0562. The van der Waals surface area contributed by atoms with Gasteiger partial charge in [-0.1, -0.05) is 0 Å². The Hall–Kier alpha value is -0.700. The molecule has 5 nitrogen and oxygen atoms in total. The lowest BCUT2D eigenvalue weighted by Gasteiger charge is -2.27. The van der Waals surface area contributed by atoms with E-state index < -0.39 is 15.8 Å². The molecule has 0 radical (unpaired) electrons. The zero-order valence-corrected chi connectivity index (χ0v) is 14.4. The average molecular weight is 380 g/mol. The molecule has 1 atom stereocenters. The molecule has 1 fully saturated rings. The van der Waals surface area contributed by atoms with Crippen molar-refractivity contribution in [3.8, 4) is 0 Å². The first-order valence-corrected chi connectivity index (χ1v) is 8.91. The molecule has 1 unspecified atom stereocenters. The Morgan fingerprint density at radius 2 is 2.05 bits per heavy atom. The maximum atomic E-state index is 14.2. The highest BCUT2D eigenvalue weighted by molar-refractivity contribution is 9.10. The lowest BCUT2D eigenvalue weighted by molar-refractivity contribution is 0.290. The third kappa shape index (κ3) is 3.39. The number of likely N-dealkylation sites (N-methyl/N-ethyl adjacent to an activating group) is 1. The molecule has 21 heavy (non-hydrogen) atoms. The maximum absolute atomic E-state index is 14.2. The van der Waals surface area contributed by atoms with Gasteiger partial charge in [0.05, 0.1) is 4.47 Å². The van der Waals surface area contributed by atoms with Gasteiger partial charge in [-0.2, -0.15) is 4.31 Å². The van der Waals surface area contributed by atoms with Gasteiger partial charge >= 0.3 is 0 Å². The average Bonchev–Trinajstić information content (AvgIpc) is 2.54. The number of rotatable bonds is 2. The van der Waals surface area contributed by atoms with Crippen molar-refractivity contribution < 1.29 is 12.8 Å². The Morgan fingerprint density at radius 3 is 2.71 bits per heavy atom. The van der Waals surface area contributed by atoms with Crippen molar-refractivity contribution in [3.05, 3.63) is 22.4 Å². The van der Waals surface area contributed by atoms with E-state index in [1.54, 1.807) is 0 Å². The number of sulfonamides is 1. The van der Waals surface area contributed by atoms with Crippen molar-refractivity contribution in [2.45, 2.75) is 24.3 Å². The smallest absolute Gasteiger partial charge is 0.246 e. The number of nitrogens with zero attached hydrogens (tertiary/aromatic N) is 2. The summed E-state index contributed by atoms with van der Waals surface area (Å²) in [6, 6.07) is 2.31. The summed E-state index contributed by atoms with van der Waals surface area (Å²) in [7, 11) is -1.96. The zero-order valence-electron chi connectivity index (χ0n) is 12.0. The lowest BCUT2D eigenvalue weighted by atomic mass is 10.3. The highest BCUT2D eigenvalue weighted by Gasteiger charge is 2.33. The summed E-state index contributed by atoms with van der Waals surface area (Å²) in [4.78, 5) is 1.71. The van der Waals surface area contributed by atoms with Gasteiger partial charge in [-0.15, -0.1) is 0 Å². The van der Waals surface area contributed by atoms with Crippen molar-refractivity contribution in [1.29, 1.82) is 0 Å². The number of nitrogen functional groups attached to an aromatic ring is 1.